The van der Waals surface area contributed by atoms with Crippen molar-refractivity contribution in [3.8, 4) is 0 Å². The van der Waals surface area contributed by atoms with Gasteiger partial charge in [0.1, 0.15) is 5.78 Å². The number of Topliss-reactive ketones (excluding diaryl/α,β-unsaturated/α-hetero) is 1. The Bertz CT molecular complexity index is 289. The van der Waals surface area contributed by atoms with E-state index in [4.69, 9.17) is 0 Å². The summed E-state index contributed by atoms with van der Waals surface area (Å²) in [7, 11) is 0. The maximum Gasteiger partial charge on any atom is 0.133 e. The fourth-order valence-corrected chi connectivity index (χ4v) is 1.71. The maximum absolute atomic E-state index is 11.0. The molecule has 1 aromatic carbocycles. The number of benzene rings is 1. The molecule has 2 atom stereocenters. The van der Waals surface area contributed by atoms with E-state index in [0.717, 1.165) is 6.42 Å². The lowest BCUT2D eigenvalue weighted by molar-refractivity contribution is -0.118. The predicted molar refractivity (Wildman–Crippen MR) is 48.0 cm³/mol. The smallest absolute Gasteiger partial charge is 0.133 e. The highest BCUT2D eigenvalue weighted by Gasteiger charge is 2.41. The van der Waals surface area contributed by atoms with Crippen LogP contribution in [-0.4, -0.2) is 5.78 Å². The van der Waals surface area contributed by atoms with Gasteiger partial charge in [0, 0.05) is 5.92 Å². The van der Waals surface area contributed by atoms with Gasteiger partial charge in [-0.2, -0.15) is 0 Å². The van der Waals surface area contributed by atoms with Crippen LogP contribution < -0.4 is 0 Å². The molecule has 1 heteroatoms. The zero-order valence-electron chi connectivity index (χ0n) is 7.16. The van der Waals surface area contributed by atoms with Crippen LogP contribution in [0.4, 0.5) is 0 Å². The van der Waals surface area contributed by atoms with E-state index in [2.05, 4.69) is 12.1 Å². The highest BCUT2D eigenvalue weighted by molar-refractivity contribution is 5.82. The highest BCUT2D eigenvalue weighted by Crippen LogP contribution is 2.47. The van der Waals surface area contributed by atoms with Crippen molar-refractivity contribution in [2.24, 2.45) is 5.92 Å². The van der Waals surface area contributed by atoms with E-state index >= 15 is 0 Å². The quantitative estimate of drug-likeness (QED) is 0.649. The summed E-state index contributed by atoms with van der Waals surface area (Å²) in [6.07, 6.45) is 1.05. The summed E-state index contributed by atoms with van der Waals surface area (Å²) >= 11 is 0. The molecule has 0 unspecified atom stereocenters. The van der Waals surface area contributed by atoms with Gasteiger partial charge in [-0.3, -0.25) is 4.79 Å². The molecule has 0 amide bonds. The number of carbonyl (C=O) groups is 1. The Kier molecular flexibility index (Phi) is 1.72. The summed E-state index contributed by atoms with van der Waals surface area (Å²) in [4.78, 5) is 11.0. The summed E-state index contributed by atoms with van der Waals surface area (Å²) < 4.78 is 0. The highest BCUT2D eigenvalue weighted by atomic mass is 16.1. The molecule has 0 spiro atoms. The zero-order valence-corrected chi connectivity index (χ0v) is 7.16. The van der Waals surface area contributed by atoms with Crippen molar-refractivity contribution in [3.05, 3.63) is 35.9 Å². The second-order valence-corrected chi connectivity index (χ2v) is 3.47. The van der Waals surface area contributed by atoms with Crippen LogP contribution in [0.1, 0.15) is 24.8 Å². The van der Waals surface area contributed by atoms with Crippen LogP contribution in [0.5, 0.6) is 0 Å². The number of ketones is 1. The first-order valence-corrected chi connectivity index (χ1v) is 4.34. The molecule has 1 aliphatic carbocycles. The van der Waals surface area contributed by atoms with Crippen molar-refractivity contribution >= 4 is 5.78 Å². The number of carbonyl (C=O) groups excluding carboxylic acids is 1. The molecule has 0 bridgehead atoms. The summed E-state index contributed by atoms with van der Waals surface area (Å²) in [5.74, 6) is 1.17. The van der Waals surface area contributed by atoms with Crippen LogP contribution in [0.15, 0.2) is 30.3 Å². The molecular weight excluding hydrogens is 148 g/mol. The van der Waals surface area contributed by atoms with Gasteiger partial charge in [0.2, 0.25) is 0 Å². The topological polar surface area (TPSA) is 17.1 Å². The monoisotopic (exact) mass is 160 g/mol. The van der Waals surface area contributed by atoms with E-state index < -0.39 is 0 Å². The Labute approximate surface area is 72.4 Å². The fraction of sp³-hybridized carbons (Fsp3) is 0.364. The van der Waals surface area contributed by atoms with Crippen molar-refractivity contribution in [2.75, 3.05) is 0 Å². The molecule has 2 rings (SSSR count). The minimum absolute atomic E-state index is 0.312. The normalized spacial score (nSPS) is 26.8. The van der Waals surface area contributed by atoms with Gasteiger partial charge in [-0.05, 0) is 24.8 Å². The van der Waals surface area contributed by atoms with Gasteiger partial charge in [-0.15, -0.1) is 0 Å². The van der Waals surface area contributed by atoms with Crippen LogP contribution in [0, 0.1) is 5.92 Å². The van der Waals surface area contributed by atoms with Crippen molar-refractivity contribution in [3.63, 3.8) is 0 Å². The molecule has 1 saturated carbocycles. The van der Waals surface area contributed by atoms with E-state index in [9.17, 15) is 4.79 Å². The van der Waals surface area contributed by atoms with Crippen LogP contribution >= 0.6 is 0 Å². The summed E-state index contributed by atoms with van der Waals surface area (Å²) in [5.41, 5.74) is 1.32. The molecule has 0 heterocycles. The first-order valence-electron chi connectivity index (χ1n) is 4.34. The number of hydrogen-bond acceptors (Lipinski definition) is 1. The summed E-state index contributed by atoms with van der Waals surface area (Å²) in [6.45, 7) is 1.69. The molecule has 62 valence electrons. The van der Waals surface area contributed by atoms with Crippen molar-refractivity contribution in [1.29, 1.82) is 0 Å². The van der Waals surface area contributed by atoms with Crippen molar-refractivity contribution < 1.29 is 4.79 Å². The largest absolute Gasteiger partial charge is 0.300 e. The van der Waals surface area contributed by atoms with Gasteiger partial charge < -0.3 is 0 Å². The van der Waals surface area contributed by atoms with Crippen LogP contribution in [0.2, 0.25) is 0 Å². The van der Waals surface area contributed by atoms with E-state index in [-0.39, 0.29) is 0 Å². The lowest BCUT2D eigenvalue weighted by Gasteiger charge is -1.96. The van der Waals surface area contributed by atoms with E-state index in [0.29, 0.717) is 17.6 Å². The Hall–Kier alpha value is -1.11. The Balaban J connectivity index is 2.11. The molecule has 1 aliphatic rings. The van der Waals surface area contributed by atoms with E-state index in [1.54, 1.807) is 6.92 Å². The molecule has 12 heavy (non-hydrogen) atoms. The van der Waals surface area contributed by atoms with Crippen molar-refractivity contribution in [2.45, 2.75) is 19.3 Å². The Morgan fingerprint density at radius 1 is 1.33 bits per heavy atom. The van der Waals surface area contributed by atoms with Gasteiger partial charge in [-0.25, -0.2) is 0 Å². The average Bonchev–Trinajstić information content (AvgIpc) is 2.84. The molecule has 0 aromatic heterocycles. The SMILES string of the molecule is CC(=O)[C@@H]1C[C@@H]1c1ccccc1. The molecule has 1 nitrogen and oxygen atoms in total. The third-order valence-corrected chi connectivity index (χ3v) is 2.54. The number of hydrogen-bond donors (Lipinski definition) is 0. The fourth-order valence-electron chi connectivity index (χ4n) is 1.71. The summed E-state index contributed by atoms with van der Waals surface area (Å²) in [6, 6.07) is 10.3. The third-order valence-electron chi connectivity index (χ3n) is 2.54. The lowest BCUT2D eigenvalue weighted by atomic mass is 10.1. The molecule has 0 N–H and O–H groups in total. The predicted octanol–water partition coefficient (Wildman–Crippen LogP) is 2.38. The second-order valence-electron chi connectivity index (χ2n) is 3.47. The average molecular weight is 160 g/mol. The molecule has 1 fully saturated rings. The van der Waals surface area contributed by atoms with Gasteiger partial charge in [0.15, 0.2) is 0 Å². The van der Waals surface area contributed by atoms with Gasteiger partial charge in [-0.1, -0.05) is 30.3 Å². The van der Waals surface area contributed by atoms with Crippen LogP contribution in [0.25, 0.3) is 0 Å². The lowest BCUT2D eigenvalue weighted by Crippen LogP contribution is -1.94. The van der Waals surface area contributed by atoms with Crippen molar-refractivity contribution in [1.82, 2.24) is 0 Å². The minimum Gasteiger partial charge on any atom is -0.300 e. The first kappa shape index (κ1) is 7.53. The zero-order chi connectivity index (χ0) is 8.55. The standard InChI is InChI=1S/C11H12O/c1-8(12)10-7-11(10)9-5-3-2-4-6-9/h2-6,10-11H,7H2,1H3/t10-,11+/m0/s1. The Morgan fingerprint density at radius 2 is 2.00 bits per heavy atom. The molecular formula is C11H12O. The van der Waals surface area contributed by atoms with Crippen LogP contribution in [-0.2, 0) is 4.79 Å². The van der Waals surface area contributed by atoms with Gasteiger partial charge in [0.05, 0.1) is 0 Å². The van der Waals surface area contributed by atoms with Gasteiger partial charge in [0.25, 0.3) is 0 Å². The molecule has 1 aromatic rings. The summed E-state index contributed by atoms with van der Waals surface area (Å²) in [5, 5.41) is 0. The maximum atomic E-state index is 11.0. The third kappa shape index (κ3) is 1.27. The molecule has 0 aliphatic heterocycles. The first-order chi connectivity index (χ1) is 5.79. The minimum atomic E-state index is 0.312. The van der Waals surface area contributed by atoms with Crippen LogP contribution in [0.3, 0.4) is 0 Å². The second kappa shape index (κ2) is 2.74. The van der Waals surface area contributed by atoms with Gasteiger partial charge >= 0.3 is 0 Å². The molecule has 0 radical (unpaired) electrons. The Morgan fingerprint density at radius 3 is 2.50 bits per heavy atom. The molecule has 0 saturated heterocycles. The van der Waals surface area contributed by atoms with E-state index in [1.165, 1.54) is 5.56 Å². The van der Waals surface area contributed by atoms with E-state index in [1.807, 2.05) is 18.2 Å². The number of rotatable bonds is 2.